The third-order valence-corrected chi connectivity index (χ3v) is 7.67. The van der Waals surface area contributed by atoms with Crippen LogP contribution in [0.2, 0.25) is 4.34 Å². The van der Waals surface area contributed by atoms with E-state index in [1.807, 2.05) is 6.07 Å². The van der Waals surface area contributed by atoms with Crippen LogP contribution in [-0.2, 0) is 22.4 Å². The zero-order chi connectivity index (χ0) is 22.2. The number of nitrogens with zero attached hydrogens (tertiary/aromatic N) is 1. The smallest absolute Gasteiger partial charge is 0.262 e. The van der Waals surface area contributed by atoms with Crippen molar-refractivity contribution >= 4 is 40.4 Å². The van der Waals surface area contributed by atoms with Crippen LogP contribution in [0.15, 0.2) is 30.3 Å². The molecular weight excluding hydrogens is 434 g/mol. The van der Waals surface area contributed by atoms with Crippen molar-refractivity contribution in [2.45, 2.75) is 44.2 Å². The van der Waals surface area contributed by atoms with E-state index < -0.39 is 5.54 Å². The predicted molar refractivity (Wildman–Crippen MR) is 124 cm³/mol. The Kier molecular flexibility index (Phi) is 6.14. The van der Waals surface area contributed by atoms with E-state index >= 15 is 0 Å². The number of ether oxygens (including phenoxy) is 1. The van der Waals surface area contributed by atoms with Gasteiger partial charge < -0.3 is 20.3 Å². The normalized spacial score (nSPS) is 23.1. The molecule has 0 unspecified atom stereocenters. The molecule has 0 saturated carbocycles. The molecule has 0 spiro atoms. The Balaban J connectivity index is 1.51. The summed E-state index contributed by atoms with van der Waals surface area (Å²) in [6.45, 7) is 6.04. The first kappa shape index (κ1) is 22.3. The Morgan fingerprint density at radius 2 is 2.00 bits per heavy atom. The summed E-state index contributed by atoms with van der Waals surface area (Å²) in [6, 6.07) is 9.45. The molecule has 2 aliphatic rings. The number of likely N-dealkylation sites (N-methyl/N-ethyl adjacent to an activating group) is 1. The summed E-state index contributed by atoms with van der Waals surface area (Å²) < 4.78 is 6.03. The van der Waals surface area contributed by atoms with E-state index in [0.29, 0.717) is 22.2 Å². The lowest BCUT2D eigenvalue weighted by Gasteiger charge is -2.33. The lowest BCUT2D eigenvalue weighted by atomic mass is 9.92. The van der Waals surface area contributed by atoms with E-state index in [4.69, 9.17) is 16.3 Å². The largest absolute Gasteiger partial charge is 0.378 e. The number of thiophene rings is 1. The predicted octanol–water partition coefficient (Wildman–Crippen LogP) is 3.74. The average Bonchev–Trinajstić information content (AvgIpc) is 3.35. The number of hydrogen-bond donors (Lipinski definition) is 2. The first-order valence-electron chi connectivity index (χ1n) is 10.5. The maximum Gasteiger partial charge on any atom is 0.262 e. The maximum atomic E-state index is 13.3. The molecule has 1 aromatic carbocycles. The van der Waals surface area contributed by atoms with Crippen LogP contribution in [0.3, 0.4) is 0 Å². The Hall–Kier alpha value is -1.93. The highest BCUT2D eigenvalue weighted by Gasteiger charge is 2.44. The topological polar surface area (TPSA) is 70.7 Å². The summed E-state index contributed by atoms with van der Waals surface area (Å²) >= 11 is 7.14. The van der Waals surface area contributed by atoms with Gasteiger partial charge in [0.05, 0.1) is 15.8 Å². The van der Waals surface area contributed by atoms with Gasteiger partial charge in [0.25, 0.3) is 11.8 Å². The molecule has 4 rings (SSSR count). The molecule has 3 heterocycles. The van der Waals surface area contributed by atoms with Crippen LogP contribution in [0, 0.1) is 0 Å². The maximum absolute atomic E-state index is 13.3. The van der Waals surface area contributed by atoms with E-state index in [-0.39, 0.29) is 24.0 Å². The van der Waals surface area contributed by atoms with Gasteiger partial charge >= 0.3 is 0 Å². The van der Waals surface area contributed by atoms with Gasteiger partial charge in [-0.1, -0.05) is 17.7 Å². The van der Waals surface area contributed by atoms with Crippen molar-refractivity contribution in [2.75, 3.05) is 32.1 Å². The summed E-state index contributed by atoms with van der Waals surface area (Å²) in [5.41, 5.74) is 2.31. The molecule has 2 N–H and O–H groups in total. The number of fused-ring (bicyclic) bond motifs is 1. The Morgan fingerprint density at radius 1 is 1.19 bits per heavy atom. The van der Waals surface area contributed by atoms with Crippen LogP contribution in [0.5, 0.6) is 0 Å². The van der Waals surface area contributed by atoms with Crippen LogP contribution in [-0.4, -0.2) is 54.6 Å². The number of carbonyl (C=O) groups excluding carboxylic acids is 2. The number of nitrogens with one attached hydrogen (secondary N) is 2. The molecule has 8 heteroatoms. The van der Waals surface area contributed by atoms with Gasteiger partial charge in [-0.2, -0.15) is 0 Å². The number of amides is 2. The molecule has 6 nitrogen and oxygen atoms in total. The molecule has 2 aromatic rings. The van der Waals surface area contributed by atoms with Gasteiger partial charge in [0.15, 0.2) is 0 Å². The minimum atomic E-state index is -1.09. The number of halogens is 1. The number of rotatable bonds is 4. The van der Waals surface area contributed by atoms with Gasteiger partial charge in [0.1, 0.15) is 5.54 Å². The molecule has 1 fully saturated rings. The molecule has 2 aliphatic heterocycles. The second-order valence-electron chi connectivity index (χ2n) is 9.04. The quantitative estimate of drug-likeness (QED) is 0.727. The van der Waals surface area contributed by atoms with E-state index in [1.165, 1.54) is 22.5 Å². The molecule has 0 aliphatic carbocycles. The fourth-order valence-corrected chi connectivity index (χ4v) is 5.10. The van der Waals surface area contributed by atoms with Gasteiger partial charge in [-0.05, 0) is 69.1 Å². The van der Waals surface area contributed by atoms with E-state index in [2.05, 4.69) is 48.6 Å². The number of carbonyl (C=O) groups is 2. The average molecular weight is 462 g/mol. The van der Waals surface area contributed by atoms with Crippen molar-refractivity contribution in [2.24, 2.45) is 0 Å². The van der Waals surface area contributed by atoms with Crippen LogP contribution >= 0.6 is 22.9 Å². The monoisotopic (exact) mass is 461 g/mol. The minimum Gasteiger partial charge on any atom is -0.378 e. The molecule has 2 amide bonds. The molecule has 1 atom stereocenters. The van der Waals surface area contributed by atoms with Crippen molar-refractivity contribution in [3.05, 3.63) is 50.7 Å². The highest BCUT2D eigenvalue weighted by atomic mass is 35.5. The van der Waals surface area contributed by atoms with Gasteiger partial charge in [-0.15, -0.1) is 11.3 Å². The van der Waals surface area contributed by atoms with Crippen molar-refractivity contribution in [1.82, 2.24) is 10.2 Å². The Labute approximate surface area is 191 Å². The first-order chi connectivity index (χ1) is 14.7. The van der Waals surface area contributed by atoms with Crippen molar-refractivity contribution in [1.29, 1.82) is 0 Å². The van der Waals surface area contributed by atoms with E-state index in [9.17, 15) is 9.59 Å². The van der Waals surface area contributed by atoms with Gasteiger partial charge in [0.2, 0.25) is 0 Å². The van der Waals surface area contributed by atoms with Gasteiger partial charge in [-0.3, -0.25) is 9.59 Å². The highest BCUT2D eigenvalue weighted by molar-refractivity contribution is 7.18. The lowest BCUT2D eigenvalue weighted by molar-refractivity contribution is -0.122. The zero-order valence-corrected chi connectivity index (χ0v) is 19.7. The van der Waals surface area contributed by atoms with Crippen molar-refractivity contribution in [3.8, 4) is 0 Å². The standard InChI is InChI=1S/C23H28ClN3O3S/c1-22(2)13-16-4-5-17(12-15(16)8-10-27(22)3)25-21(29)23(9-11-30-14-23)26-20(28)18-6-7-19(24)31-18/h4-7,12H,8-11,13-14H2,1-3H3,(H,25,29)(H,26,28)/t23-/m0/s1. The SMILES string of the molecule is CN1CCc2cc(NC(=O)[C@]3(NC(=O)c4ccc(Cl)s4)CCOC3)ccc2CC1(C)C. The van der Waals surface area contributed by atoms with Crippen LogP contribution in [0.1, 0.15) is 41.1 Å². The Morgan fingerprint density at radius 3 is 2.68 bits per heavy atom. The van der Waals surface area contributed by atoms with Crippen molar-refractivity contribution < 1.29 is 14.3 Å². The van der Waals surface area contributed by atoms with Crippen molar-refractivity contribution in [3.63, 3.8) is 0 Å². The zero-order valence-electron chi connectivity index (χ0n) is 18.1. The molecule has 0 radical (unpaired) electrons. The van der Waals surface area contributed by atoms with Crippen LogP contribution in [0.4, 0.5) is 5.69 Å². The second-order valence-corrected chi connectivity index (χ2v) is 10.8. The Bertz CT molecular complexity index is 998. The number of hydrogen-bond acceptors (Lipinski definition) is 5. The van der Waals surface area contributed by atoms with Gasteiger partial charge in [-0.25, -0.2) is 0 Å². The summed E-state index contributed by atoms with van der Waals surface area (Å²) in [5.74, 6) is -0.572. The van der Waals surface area contributed by atoms with Crippen LogP contribution in [0.25, 0.3) is 0 Å². The number of benzene rings is 1. The molecule has 1 saturated heterocycles. The minimum absolute atomic E-state index is 0.0935. The van der Waals surface area contributed by atoms with E-state index in [0.717, 1.165) is 25.1 Å². The number of anilines is 1. The highest BCUT2D eigenvalue weighted by Crippen LogP contribution is 2.29. The first-order valence-corrected chi connectivity index (χ1v) is 11.7. The molecule has 31 heavy (non-hydrogen) atoms. The molecule has 1 aromatic heterocycles. The molecule has 166 valence electrons. The molecule has 0 bridgehead atoms. The summed E-state index contributed by atoms with van der Waals surface area (Å²) in [5, 5.41) is 5.92. The fraction of sp³-hybridized carbons (Fsp3) is 0.478. The van der Waals surface area contributed by atoms with E-state index in [1.54, 1.807) is 12.1 Å². The second kappa shape index (κ2) is 8.54. The summed E-state index contributed by atoms with van der Waals surface area (Å²) in [4.78, 5) is 28.8. The van der Waals surface area contributed by atoms with Crippen LogP contribution < -0.4 is 10.6 Å². The summed E-state index contributed by atoms with van der Waals surface area (Å²) in [6.07, 6.45) is 2.32. The lowest BCUT2D eigenvalue weighted by Crippen LogP contribution is -2.57. The fourth-order valence-electron chi connectivity index (χ4n) is 4.17. The third kappa shape index (κ3) is 4.65. The molecular formula is C23H28ClN3O3S. The summed E-state index contributed by atoms with van der Waals surface area (Å²) in [7, 11) is 2.15. The third-order valence-electron chi connectivity index (χ3n) is 6.44. The van der Waals surface area contributed by atoms with Gasteiger partial charge in [0, 0.05) is 30.8 Å².